The lowest BCUT2D eigenvalue weighted by atomic mass is 10.1. The Morgan fingerprint density at radius 1 is 1.11 bits per heavy atom. The van der Waals surface area contributed by atoms with E-state index in [1.807, 2.05) is 41.5 Å². The Kier molecular flexibility index (Phi) is 6.64. The minimum Gasteiger partial charge on any atom is -0.444 e. The van der Waals surface area contributed by atoms with E-state index in [4.69, 9.17) is 4.74 Å². The maximum Gasteiger partial charge on any atom is 0.410 e. The van der Waals surface area contributed by atoms with Gasteiger partial charge in [0, 0.05) is 43.1 Å². The number of piperazine rings is 1. The van der Waals surface area contributed by atoms with Crippen molar-refractivity contribution < 1.29 is 17.9 Å². The van der Waals surface area contributed by atoms with Crippen molar-refractivity contribution in [2.75, 3.05) is 18.0 Å². The summed E-state index contributed by atoms with van der Waals surface area (Å²) in [5.74, 6) is 0.670. The predicted molar refractivity (Wildman–Crippen MR) is 143 cm³/mol. The van der Waals surface area contributed by atoms with Crippen LogP contribution in [0.5, 0.6) is 0 Å². The molecule has 0 radical (unpaired) electrons. The SMILES string of the molecule is C=Cc1cn(S(=O)(=O)c2ccc(C)cc2)c2ccnc(N3C[C@H](C)N(C(=O)OC(C)(C)C)CC3C)c12. The quantitative estimate of drug-likeness (QED) is 0.488. The predicted octanol–water partition coefficient (Wildman–Crippen LogP) is 5.06. The number of carbonyl (C=O) groups excluding carboxylic acids is 1. The third kappa shape index (κ3) is 4.72. The van der Waals surface area contributed by atoms with Crippen LogP contribution in [-0.2, 0) is 14.8 Å². The van der Waals surface area contributed by atoms with Gasteiger partial charge in [0.1, 0.15) is 11.4 Å². The lowest BCUT2D eigenvalue weighted by molar-refractivity contribution is 0.0130. The Labute approximate surface area is 213 Å². The molecule has 3 heterocycles. The highest BCUT2D eigenvalue weighted by molar-refractivity contribution is 7.90. The summed E-state index contributed by atoms with van der Waals surface area (Å²) in [4.78, 5) is 21.5. The van der Waals surface area contributed by atoms with Gasteiger partial charge in [-0.25, -0.2) is 22.2 Å². The summed E-state index contributed by atoms with van der Waals surface area (Å²) in [5, 5.41) is 0.716. The number of amides is 1. The first-order valence-electron chi connectivity index (χ1n) is 12.0. The number of ether oxygens (including phenoxy) is 1. The van der Waals surface area contributed by atoms with Crippen LogP contribution in [0.1, 0.15) is 45.7 Å². The highest BCUT2D eigenvalue weighted by Gasteiger charge is 2.36. The van der Waals surface area contributed by atoms with Crippen LogP contribution < -0.4 is 4.90 Å². The van der Waals surface area contributed by atoms with Gasteiger partial charge in [-0.05, 0) is 59.7 Å². The van der Waals surface area contributed by atoms with E-state index in [1.54, 1.807) is 53.7 Å². The number of aromatic nitrogens is 2. The number of carbonyl (C=O) groups is 1. The summed E-state index contributed by atoms with van der Waals surface area (Å²) in [6, 6.07) is 8.32. The summed E-state index contributed by atoms with van der Waals surface area (Å²) in [6.07, 6.45) is 4.54. The Morgan fingerprint density at radius 3 is 2.39 bits per heavy atom. The first-order valence-corrected chi connectivity index (χ1v) is 13.5. The van der Waals surface area contributed by atoms with Crippen LogP contribution in [0, 0.1) is 6.92 Å². The van der Waals surface area contributed by atoms with Crippen LogP contribution in [0.2, 0.25) is 0 Å². The third-order valence-electron chi connectivity index (χ3n) is 6.38. The number of rotatable bonds is 4. The van der Waals surface area contributed by atoms with Gasteiger partial charge in [-0.1, -0.05) is 30.4 Å². The van der Waals surface area contributed by atoms with Crippen LogP contribution in [0.3, 0.4) is 0 Å². The van der Waals surface area contributed by atoms with Gasteiger partial charge < -0.3 is 14.5 Å². The molecule has 1 amide bonds. The standard InChI is InChI=1S/C27H34N4O4S/c1-8-21-17-31(36(33,34)22-11-9-18(2)10-12-22)23-13-14-28-25(24(21)23)29-15-20(4)30(16-19(29)3)26(32)35-27(5,6)7/h8-14,17,19-20H,1,15-16H2,2-7H3/t19?,20-/m0/s1. The Morgan fingerprint density at radius 2 is 1.78 bits per heavy atom. The molecule has 36 heavy (non-hydrogen) atoms. The monoisotopic (exact) mass is 510 g/mol. The van der Waals surface area contributed by atoms with Crippen molar-refractivity contribution in [2.24, 2.45) is 0 Å². The lowest BCUT2D eigenvalue weighted by Gasteiger charge is -2.44. The molecule has 1 aliphatic rings. The van der Waals surface area contributed by atoms with Crippen molar-refractivity contribution in [3.8, 4) is 0 Å². The second-order valence-electron chi connectivity index (χ2n) is 10.4. The zero-order valence-corrected chi connectivity index (χ0v) is 22.5. The fourth-order valence-corrected chi connectivity index (χ4v) is 5.92. The zero-order chi connectivity index (χ0) is 26.4. The Hall–Kier alpha value is -3.33. The first-order chi connectivity index (χ1) is 16.8. The fourth-order valence-electron chi connectivity index (χ4n) is 4.55. The number of aryl methyl sites for hydroxylation is 1. The normalized spacial score (nSPS) is 18.9. The fraction of sp³-hybridized carbons (Fsp3) is 0.407. The molecule has 4 rings (SSSR count). The highest BCUT2D eigenvalue weighted by Crippen LogP contribution is 2.35. The summed E-state index contributed by atoms with van der Waals surface area (Å²) in [5.41, 5.74) is 1.62. The summed E-state index contributed by atoms with van der Waals surface area (Å²) >= 11 is 0. The van der Waals surface area contributed by atoms with Gasteiger partial charge in [0.15, 0.2) is 0 Å². The Bertz CT molecular complexity index is 1400. The van der Waals surface area contributed by atoms with Gasteiger partial charge in [-0.15, -0.1) is 0 Å². The van der Waals surface area contributed by atoms with Crippen LogP contribution in [0.4, 0.5) is 10.6 Å². The number of nitrogens with zero attached hydrogens (tertiary/aromatic N) is 4. The molecule has 1 fully saturated rings. The molecular formula is C27H34N4O4S. The Balaban J connectivity index is 1.75. The third-order valence-corrected chi connectivity index (χ3v) is 8.06. The molecule has 1 aliphatic heterocycles. The van der Waals surface area contributed by atoms with E-state index in [9.17, 15) is 13.2 Å². The van der Waals surface area contributed by atoms with Crippen molar-refractivity contribution in [3.05, 3.63) is 60.4 Å². The molecule has 9 heteroatoms. The van der Waals surface area contributed by atoms with Crippen LogP contribution >= 0.6 is 0 Å². The molecule has 0 N–H and O–H groups in total. The molecule has 1 unspecified atom stereocenters. The first kappa shape index (κ1) is 25.8. The zero-order valence-electron chi connectivity index (χ0n) is 21.7. The molecule has 8 nitrogen and oxygen atoms in total. The number of hydrogen-bond donors (Lipinski definition) is 0. The van der Waals surface area contributed by atoms with Gasteiger partial charge >= 0.3 is 6.09 Å². The molecule has 1 saturated heterocycles. The van der Waals surface area contributed by atoms with Crippen molar-refractivity contribution in [3.63, 3.8) is 0 Å². The number of hydrogen-bond acceptors (Lipinski definition) is 6. The summed E-state index contributed by atoms with van der Waals surface area (Å²) < 4.78 is 34.0. The molecule has 192 valence electrons. The second kappa shape index (κ2) is 9.28. The maximum atomic E-state index is 13.6. The van der Waals surface area contributed by atoms with E-state index in [-0.39, 0.29) is 23.1 Å². The minimum absolute atomic E-state index is 0.0680. The molecule has 0 spiro atoms. The number of benzene rings is 1. The van der Waals surface area contributed by atoms with E-state index >= 15 is 0 Å². The van der Waals surface area contributed by atoms with Gasteiger partial charge in [0.05, 0.1) is 15.8 Å². The average Bonchev–Trinajstić information content (AvgIpc) is 3.19. The van der Waals surface area contributed by atoms with Crippen LogP contribution in [0.15, 0.2) is 54.2 Å². The molecular weight excluding hydrogens is 476 g/mol. The topological polar surface area (TPSA) is 84.7 Å². The summed E-state index contributed by atoms with van der Waals surface area (Å²) in [6.45, 7) is 16.4. The van der Waals surface area contributed by atoms with E-state index < -0.39 is 15.6 Å². The van der Waals surface area contributed by atoms with Crippen molar-refractivity contribution in [1.29, 1.82) is 0 Å². The average molecular weight is 511 g/mol. The largest absolute Gasteiger partial charge is 0.444 e. The van der Waals surface area contributed by atoms with Gasteiger partial charge in [-0.3, -0.25) is 0 Å². The van der Waals surface area contributed by atoms with Crippen molar-refractivity contribution in [1.82, 2.24) is 13.9 Å². The molecule has 3 aromatic rings. The second-order valence-corrected chi connectivity index (χ2v) is 12.2. The summed E-state index contributed by atoms with van der Waals surface area (Å²) in [7, 11) is -3.83. The van der Waals surface area contributed by atoms with E-state index in [1.165, 1.54) is 3.97 Å². The molecule has 1 aromatic carbocycles. The molecule has 0 saturated carbocycles. The molecule has 0 bridgehead atoms. The molecule has 2 atom stereocenters. The van der Waals surface area contributed by atoms with E-state index in [2.05, 4.69) is 16.5 Å². The number of fused-ring (bicyclic) bond motifs is 1. The van der Waals surface area contributed by atoms with Gasteiger partial charge in [-0.2, -0.15) is 0 Å². The van der Waals surface area contributed by atoms with E-state index in [0.29, 0.717) is 35.4 Å². The number of anilines is 1. The smallest absolute Gasteiger partial charge is 0.410 e. The van der Waals surface area contributed by atoms with Gasteiger partial charge in [0.25, 0.3) is 10.0 Å². The number of pyridine rings is 1. The van der Waals surface area contributed by atoms with Crippen LogP contribution in [-0.4, -0.2) is 59.1 Å². The van der Waals surface area contributed by atoms with Gasteiger partial charge in [0.2, 0.25) is 0 Å². The van der Waals surface area contributed by atoms with Crippen molar-refractivity contribution in [2.45, 2.75) is 64.1 Å². The highest BCUT2D eigenvalue weighted by atomic mass is 32.2. The lowest BCUT2D eigenvalue weighted by Crippen LogP contribution is -2.59. The minimum atomic E-state index is -3.83. The van der Waals surface area contributed by atoms with E-state index in [0.717, 1.165) is 5.56 Å². The maximum absolute atomic E-state index is 13.6. The molecule has 2 aromatic heterocycles. The van der Waals surface area contributed by atoms with Crippen molar-refractivity contribution >= 4 is 38.9 Å². The molecule has 0 aliphatic carbocycles. The van der Waals surface area contributed by atoms with Crippen LogP contribution in [0.25, 0.3) is 17.0 Å².